The zero-order valence-corrected chi connectivity index (χ0v) is 14.0. The molecule has 0 aliphatic carbocycles. The molecular weight excluding hydrogens is 361 g/mol. The first-order valence-corrected chi connectivity index (χ1v) is 8.76. The molecule has 0 unspecified atom stereocenters. The van der Waals surface area contributed by atoms with Gasteiger partial charge in [-0.15, -0.1) is 0 Å². The molecule has 116 valence electrons. The van der Waals surface area contributed by atoms with Gasteiger partial charge in [-0.2, -0.15) is 0 Å². The molecule has 0 aliphatic heterocycles. The third-order valence-electron chi connectivity index (χ3n) is 3.41. The Morgan fingerprint density at radius 1 is 1.22 bits per heavy atom. The van der Waals surface area contributed by atoms with E-state index in [0.29, 0.717) is 11.0 Å². The molecule has 0 aliphatic rings. The van der Waals surface area contributed by atoms with E-state index in [0.717, 1.165) is 20.8 Å². The fraction of sp³-hybridized carbons (Fsp3) is 0.118. The standard InChI is InChI=1S/C17H13NO4Se/c1-2-22-17(19)16-15(11-6-4-3-5-7-11)13-10-12(18(20)21)8-9-14(13)23-16/h3-10H,2H2,1H3. The number of non-ortho nitro benzene ring substituents is 1. The molecule has 0 saturated heterocycles. The van der Waals surface area contributed by atoms with E-state index in [1.54, 1.807) is 19.1 Å². The fourth-order valence-corrected chi connectivity index (χ4v) is 4.74. The van der Waals surface area contributed by atoms with Gasteiger partial charge >= 0.3 is 138 Å². The number of nitro benzene ring substituents is 1. The van der Waals surface area contributed by atoms with Crippen molar-refractivity contribution in [2.75, 3.05) is 6.61 Å². The first-order chi connectivity index (χ1) is 11.1. The second kappa shape index (κ2) is 6.36. The van der Waals surface area contributed by atoms with Crippen molar-refractivity contribution in [2.45, 2.75) is 6.92 Å². The second-order valence-electron chi connectivity index (χ2n) is 4.83. The molecule has 2 aromatic carbocycles. The van der Waals surface area contributed by atoms with Gasteiger partial charge in [-0.05, 0) is 0 Å². The molecule has 0 saturated carbocycles. The van der Waals surface area contributed by atoms with Crippen LogP contribution in [-0.2, 0) is 4.74 Å². The van der Waals surface area contributed by atoms with E-state index in [4.69, 9.17) is 4.74 Å². The van der Waals surface area contributed by atoms with Crippen LogP contribution in [0.15, 0.2) is 48.5 Å². The summed E-state index contributed by atoms with van der Waals surface area (Å²) in [7, 11) is 0. The molecule has 0 N–H and O–H groups in total. The third-order valence-corrected chi connectivity index (χ3v) is 5.82. The summed E-state index contributed by atoms with van der Waals surface area (Å²) in [5.74, 6) is -0.342. The number of fused-ring (bicyclic) bond motifs is 1. The Morgan fingerprint density at radius 2 is 1.96 bits per heavy atom. The van der Waals surface area contributed by atoms with Crippen LogP contribution < -0.4 is 0 Å². The summed E-state index contributed by atoms with van der Waals surface area (Å²) in [4.78, 5) is 23.0. The van der Waals surface area contributed by atoms with Crippen LogP contribution in [0.3, 0.4) is 0 Å². The minimum atomic E-state index is -0.418. The molecule has 0 bridgehead atoms. The van der Waals surface area contributed by atoms with E-state index in [1.807, 2.05) is 30.3 Å². The Morgan fingerprint density at radius 3 is 2.61 bits per heavy atom. The van der Waals surface area contributed by atoms with Crippen molar-refractivity contribution in [3.8, 4) is 11.1 Å². The average molecular weight is 374 g/mol. The normalized spacial score (nSPS) is 10.7. The van der Waals surface area contributed by atoms with E-state index in [2.05, 4.69) is 0 Å². The van der Waals surface area contributed by atoms with Crippen LogP contribution in [0.5, 0.6) is 0 Å². The van der Waals surface area contributed by atoms with Crippen molar-refractivity contribution in [3.63, 3.8) is 0 Å². The van der Waals surface area contributed by atoms with Crippen LogP contribution >= 0.6 is 0 Å². The number of esters is 1. The molecule has 23 heavy (non-hydrogen) atoms. The van der Waals surface area contributed by atoms with Crippen LogP contribution in [-0.4, -0.2) is 32.0 Å². The monoisotopic (exact) mass is 375 g/mol. The molecule has 0 spiro atoms. The van der Waals surface area contributed by atoms with Gasteiger partial charge in [0.15, 0.2) is 0 Å². The van der Waals surface area contributed by atoms with Crippen molar-refractivity contribution in [1.29, 1.82) is 0 Å². The Labute approximate surface area is 138 Å². The summed E-state index contributed by atoms with van der Waals surface area (Å²) in [5.41, 5.74) is 1.65. The van der Waals surface area contributed by atoms with Crippen molar-refractivity contribution in [1.82, 2.24) is 0 Å². The van der Waals surface area contributed by atoms with Crippen molar-refractivity contribution < 1.29 is 14.5 Å². The van der Waals surface area contributed by atoms with E-state index in [1.165, 1.54) is 6.07 Å². The number of nitro groups is 1. The SMILES string of the molecule is CCOC(=O)c1[se]c2ccc([N+](=O)[O-])cc2c1-c1ccccc1. The number of carbonyl (C=O) groups excluding carboxylic acids is 1. The van der Waals surface area contributed by atoms with E-state index >= 15 is 0 Å². The summed E-state index contributed by atoms with van der Waals surface area (Å²) in [6.07, 6.45) is 0. The predicted molar refractivity (Wildman–Crippen MR) is 88.9 cm³/mol. The number of hydrogen-bond acceptors (Lipinski definition) is 4. The number of rotatable bonds is 4. The molecular formula is C17H13NO4Se. The summed E-state index contributed by atoms with van der Waals surface area (Å²) < 4.78 is 6.75. The van der Waals surface area contributed by atoms with Gasteiger partial charge in [0, 0.05) is 0 Å². The zero-order valence-electron chi connectivity index (χ0n) is 12.3. The number of hydrogen-bond donors (Lipinski definition) is 0. The Kier molecular flexibility index (Phi) is 4.28. The van der Waals surface area contributed by atoms with E-state index < -0.39 is 4.92 Å². The molecule has 6 heteroatoms. The Balaban J connectivity index is 2.30. The van der Waals surface area contributed by atoms with Gasteiger partial charge in [-0.25, -0.2) is 0 Å². The third kappa shape index (κ3) is 2.91. The number of nitrogens with zero attached hydrogens (tertiary/aromatic N) is 1. The number of benzene rings is 2. The number of carbonyl (C=O) groups is 1. The summed E-state index contributed by atoms with van der Waals surface area (Å²) in [6.45, 7) is 2.07. The molecule has 0 radical (unpaired) electrons. The summed E-state index contributed by atoms with van der Waals surface area (Å²) >= 11 is -0.220. The zero-order chi connectivity index (χ0) is 16.4. The van der Waals surface area contributed by atoms with Crippen molar-refractivity contribution in [2.24, 2.45) is 0 Å². The average Bonchev–Trinajstić information content (AvgIpc) is 2.94. The molecule has 0 atom stereocenters. The van der Waals surface area contributed by atoms with E-state index in [9.17, 15) is 14.9 Å². The van der Waals surface area contributed by atoms with Crippen LogP contribution in [0.1, 0.15) is 16.2 Å². The van der Waals surface area contributed by atoms with Gasteiger partial charge in [-0.3, -0.25) is 0 Å². The van der Waals surface area contributed by atoms with Crippen molar-refractivity contribution >= 4 is 35.8 Å². The van der Waals surface area contributed by atoms with Crippen LogP contribution in [0, 0.1) is 10.1 Å². The molecule has 0 fully saturated rings. The number of ether oxygens (including phenoxy) is 1. The maximum absolute atomic E-state index is 12.3. The van der Waals surface area contributed by atoms with Crippen LogP contribution in [0.2, 0.25) is 0 Å². The Hall–Kier alpha value is -2.43. The molecule has 3 rings (SSSR count). The minimum absolute atomic E-state index is 0.0260. The van der Waals surface area contributed by atoms with Gasteiger partial charge in [-0.1, -0.05) is 0 Å². The maximum atomic E-state index is 12.3. The molecule has 3 aromatic rings. The van der Waals surface area contributed by atoms with Gasteiger partial charge in [0.2, 0.25) is 0 Å². The van der Waals surface area contributed by atoms with E-state index in [-0.39, 0.29) is 26.2 Å². The predicted octanol–water partition coefficient (Wildman–Crippen LogP) is 3.65. The van der Waals surface area contributed by atoms with Gasteiger partial charge in [0.25, 0.3) is 0 Å². The quantitative estimate of drug-likeness (QED) is 0.303. The Bertz CT molecular complexity index is 886. The van der Waals surface area contributed by atoms with Crippen LogP contribution in [0.4, 0.5) is 5.69 Å². The molecule has 1 heterocycles. The fourth-order valence-electron chi connectivity index (χ4n) is 2.43. The molecule has 1 aromatic heterocycles. The molecule has 0 amide bonds. The summed E-state index contributed by atoms with van der Waals surface area (Å²) in [6, 6.07) is 14.2. The first-order valence-electron chi connectivity index (χ1n) is 7.05. The first kappa shape index (κ1) is 15.5. The van der Waals surface area contributed by atoms with Crippen LogP contribution in [0.25, 0.3) is 20.8 Å². The van der Waals surface area contributed by atoms with Crippen molar-refractivity contribution in [3.05, 3.63) is 63.1 Å². The van der Waals surface area contributed by atoms with Gasteiger partial charge in [0.1, 0.15) is 0 Å². The summed E-state index contributed by atoms with van der Waals surface area (Å²) in [5, 5.41) is 11.8. The second-order valence-corrected chi connectivity index (χ2v) is 7.04. The van der Waals surface area contributed by atoms with Gasteiger partial charge in [0.05, 0.1) is 0 Å². The molecule has 5 nitrogen and oxygen atoms in total. The van der Waals surface area contributed by atoms with Gasteiger partial charge < -0.3 is 0 Å². The topological polar surface area (TPSA) is 69.4 Å².